The number of likely N-dealkylation sites (tertiary alicyclic amines) is 1. The first-order chi connectivity index (χ1) is 14.7. The molecule has 166 valence electrons. The molecule has 7 nitrogen and oxygen atoms in total. The molecule has 0 bridgehead atoms. The Bertz CT molecular complexity index is 1000. The lowest BCUT2D eigenvalue weighted by Crippen LogP contribution is -2.40. The fraction of sp³-hybridized carbons (Fsp3) is 0.381. The molecule has 1 aliphatic heterocycles. The molecule has 0 spiro atoms. The minimum absolute atomic E-state index is 0.0212. The topological polar surface area (TPSA) is 89.0 Å². The highest BCUT2D eigenvalue weighted by Crippen LogP contribution is 2.35. The smallest absolute Gasteiger partial charge is 0.326 e. The van der Waals surface area contributed by atoms with Crippen LogP contribution in [-0.4, -0.2) is 46.1 Å². The number of nitrogens with zero attached hydrogens (tertiary/aromatic N) is 2. The third kappa shape index (κ3) is 5.37. The number of ether oxygens (including phenoxy) is 2. The van der Waals surface area contributed by atoms with Gasteiger partial charge in [0.25, 0.3) is 5.91 Å². The van der Waals surface area contributed by atoms with Gasteiger partial charge in [0.2, 0.25) is 5.88 Å². The molecule has 31 heavy (non-hydrogen) atoms. The van der Waals surface area contributed by atoms with Crippen molar-refractivity contribution in [2.45, 2.75) is 32.7 Å². The summed E-state index contributed by atoms with van der Waals surface area (Å²) in [5.74, 6) is -2.03. The van der Waals surface area contributed by atoms with Gasteiger partial charge in [-0.05, 0) is 24.8 Å². The molecule has 1 aliphatic rings. The number of aromatic nitrogens is 1. The van der Waals surface area contributed by atoms with Gasteiger partial charge in [0.15, 0.2) is 0 Å². The molecule has 2 heterocycles. The lowest BCUT2D eigenvalue weighted by molar-refractivity contribution is -0.141. The first-order valence-corrected chi connectivity index (χ1v) is 10.4. The van der Waals surface area contributed by atoms with E-state index in [-0.39, 0.29) is 39.5 Å². The predicted molar refractivity (Wildman–Crippen MR) is 113 cm³/mol. The number of benzene rings is 1. The van der Waals surface area contributed by atoms with E-state index < -0.39 is 23.7 Å². The van der Waals surface area contributed by atoms with E-state index in [9.17, 15) is 19.1 Å². The van der Waals surface area contributed by atoms with Gasteiger partial charge in [0.1, 0.15) is 28.4 Å². The van der Waals surface area contributed by atoms with Gasteiger partial charge in [-0.25, -0.2) is 14.2 Å². The van der Waals surface area contributed by atoms with Crippen molar-refractivity contribution in [3.8, 4) is 17.4 Å². The SMILES string of the molecule is CC(C)COc1ncc(Oc2cc(F)c(C(=O)N3CCCC3C(=O)O)cc2Cl)cc1Cl. The van der Waals surface area contributed by atoms with Crippen LogP contribution in [0.5, 0.6) is 17.4 Å². The Balaban J connectivity index is 1.78. The van der Waals surface area contributed by atoms with Crippen LogP contribution < -0.4 is 9.47 Å². The molecule has 1 aromatic heterocycles. The van der Waals surface area contributed by atoms with Gasteiger partial charge in [0.05, 0.1) is 23.4 Å². The number of rotatable bonds is 7. The summed E-state index contributed by atoms with van der Waals surface area (Å²) in [5.41, 5.74) is -0.320. The van der Waals surface area contributed by atoms with E-state index in [1.54, 1.807) is 0 Å². The third-order valence-corrected chi connectivity index (χ3v) is 5.18. The lowest BCUT2D eigenvalue weighted by Gasteiger charge is -2.22. The third-order valence-electron chi connectivity index (χ3n) is 4.61. The second kappa shape index (κ2) is 9.70. The summed E-state index contributed by atoms with van der Waals surface area (Å²) in [5, 5.41) is 9.45. The largest absolute Gasteiger partial charge is 0.480 e. The van der Waals surface area contributed by atoms with Crippen molar-refractivity contribution in [3.05, 3.63) is 45.8 Å². The first kappa shape index (κ1) is 23.1. The Hall–Kier alpha value is -2.58. The van der Waals surface area contributed by atoms with Crippen molar-refractivity contribution < 1.29 is 28.6 Å². The van der Waals surface area contributed by atoms with E-state index in [0.29, 0.717) is 25.4 Å². The summed E-state index contributed by atoms with van der Waals surface area (Å²) >= 11 is 12.4. The molecule has 1 unspecified atom stereocenters. The number of carboxylic acid groups (broad SMARTS) is 1. The minimum Gasteiger partial charge on any atom is -0.480 e. The van der Waals surface area contributed by atoms with Gasteiger partial charge in [-0.1, -0.05) is 37.0 Å². The van der Waals surface area contributed by atoms with Crippen LogP contribution in [0.25, 0.3) is 0 Å². The Labute approximate surface area is 188 Å². The van der Waals surface area contributed by atoms with Crippen LogP contribution in [0, 0.1) is 11.7 Å². The van der Waals surface area contributed by atoms with E-state index in [1.807, 2.05) is 13.8 Å². The van der Waals surface area contributed by atoms with Crippen LogP contribution in [-0.2, 0) is 4.79 Å². The van der Waals surface area contributed by atoms with Crippen molar-refractivity contribution >= 4 is 35.1 Å². The summed E-state index contributed by atoms with van der Waals surface area (Å²) in [7, 11) is 0. The highest BCUT2D eigenvalue weighted by molar-refractivity contribution is 6.32. The van der Waals surface area contributed by atoms with Gasteiger partial charge in [-0.2, -0.15) is 0 Å². The number of aliphatic carboxylic acids is 1. The summed E-state index contributed by atoms with van der Waals surface area (Å²) < 4.78 is 25.8. The van der Waals surface area contributed by atoms with Gasteiger partial charge < -0.3 is 19.5 Å². The molecule has 1 amide bonds. The van der Waals surface area contributed by atoms with E-state index in [4.69, 9.17) is 32.7 Å². The number of halogens is 3. The molecule has 1 aromatic carbocycles. The van der Waals surface area contributed by atoms with Crippen molar-refractivity contribution in [3.63, 3.8) is 0 Å². The van der Waals surface area contributed by atoms with Gasteiger partial charge >= 0.3 is 5.97 Å². The summed E-state index contributed by atoms with van der Waals surface area (Å²) in [6.45, 7) is 4.66. The molecule has 1 atom stereocenters. The normalized spacial score (nSPS) is 15.9. The summed E-state index contributed by atoms with van der Waals surface area (Å²) in [4.78, 5) is 29.2. The number of carbonyl (C=O) groups is 2. The number of amides is 1. The van der Waals surface area contributed by atoms with Crippen LogP contribution >= 0.6 is 23.2 Å². The van der Waals surface area contributed by atoms with Crippen LogP contribution in [0.4, 0.5) is 4.39 Å². The maximum atomic E-state index is 14.7. The Morgan fingerprint density at radius 3 is 2.68 bits per heavy atom. The fourth-order valence-electron chi connectivity index (χ4n) is 3.13. The molecular formula is C21H21Cl2FN2O5. The lowest BCUT2D eigenvalue weighted by atomic mass is 10.1. The molecule has 1 N–H and O–H groups in total. The molecule has 3 rings (SSSR count). The molecule has 0 saturated carbocycles. The predicted octanol–water partition coefficient (Wildman–Crippen LogP) is 5.04. The summed E-state index contributed by atoms with van der Waals surface area (Å²) in [6.07, 6.45) is 2.21. The van der Waals surface area contributed by atoms with Crippen LogP contribution in [0.2, 0.25) is 10.0 Å². The maximum absolute atomic E-state index is 14.7. The van der Waals surface area contributed by atoms with Crippen molar-refractivity contribution in [2.24, 2.45) is 5.92 Å². The molecule has 10 heteroatoms. The van der Waals surface area contributed by atoms with E-state index in [0.717, 1.165) is 17.0 Å². The first-order valence-electron chi connectivity index (χ1n) is 9.66. The quantitative estimate of drug-likeness (QED) is 0.609. The Morgan fingerprint density at radius 2 is 2.03 bits per heavy atom. The molecular weight excluding hydrogens is 450 g/mol. The van der Waals surface area contributed by atoms with Gasteiger partial charge in [0, 0.05) is 18.7 Å². The van der Waals surface area contributed by atoms with Crippen LogP contribution in [0.1, 0.15) is 37.0 Å². The van der Waals surface area contributed by atoms with E-state index in [2.05, 4.69) is 4.98 Å². The average Bonchev–Trinajstić information content (AvgIpc) is 3.19. The van der Waals surface area contributed by atoms with Crippen molar-refractivity contribution in [1.29, 1.82) is 0 Å². The molecule has 1 saturated heterocycles. The molecule has 0 radical (unpaired) electrons. The number of pyridine rings is 1. The van der Waals surface area contributed by atoms with Crippen molar-refractivity contribution in [2.75, 3.05) is 13.2 Å². The highest BCUT2D eigenvalue weighted by Gasteiger charge is 2.35. The highest BCUT2D eigenvalue weighted by atomic mass is 35.5. The Kier molecular flexibility index (Phi) is 7.23. The van der Waals surface area contributed by atoms with Crippen molar-refractivity contribution in [1.82, 2.24) is 9.88 Å². The number of hydrogen-bond acceptors (Lipinski definition) is 5. The van der Waals surface area contributed by atoms with Crippen LogP contribution in [0.15, 0.2) is 24.4 Å². The standard InChI is InChI=1S/C21H21Cl2FN2O5/c1-11(2)10-30-19-15(23)6-12(9-25-19)31-18-8-16(24)13(7-14(18)22)20(27)26-5-3-4-17(26)21(28)29/h6-9,11,17H,3-5,10H2,1-2H3,(H,28,29). The van der Waals surface area contributed by atoms with Gasteiger partial charge in [-0.15, -0.1) is 0 Å². The van der Waals surface area contributed by atoms with Gasteiger partial charge in [-0.3, -0.25) is 4.79 Å². The second-order valence-corrected chi connectivity index (χ2v) is 8.34. The van der Waals surface area contributed by atoms with E-state index >= 15 is 0 Å². The molecule has 2 aromatic rings. The number of carbonyl (C=O) groups excluding carboxylic acids is 1. The zero-order chi connectivity index (χ0) is 22.7. The second-order valence-electron chi connectivity index (χ2n) is 7.52. The maximum Gasteiger partial charge on any atom is 0.326 e. The summed E-state index contributed by atoms with van der Waals surface area (Å²) in [6, 6.07) is 2.57. The van der Waals surface area contributed by atoms with Crippen LogP contribution in [0.3, 0.4) is 0 Å². The fourth-order valence-corrected chi connectivity index (χ4v) is 3.55. The van der Waals surface area contributed by atoms with E-state index in [1.165, 1.54) is 12.3 Å². The molecule has 0 aliphatic carbocycles. The average molecular weight is 471 g/mol. The zero-order valence-electron chi connectivity index (χ0n) is 16.9. The number of carboxylic acids is 1. The minimum atomic E-state index is -1.12. The monoisotopic (exact) mass is 470 g/mol. The Morgan fingerprint density at radius 1 is 1.29 bits per heavy atom. The zero-order valence-corrected chi connectivity index (χ0v) is 18.4. The number of hydrogen-bond donors (Lipinski definition) is 1. The molecule has 1 fully saturated rings.